The minimum absolute atomic E-state index is 0.0913. The van der Waals surface area contributed by atoms with E-state index < -0.39 is 0 Å². The van der Waals surface area contributed by atoms with Crippen molar-refractivity contribution in [2.24, 2.45) is 0 Å². The first-order chi connectivity index (χ1) is 7.72. The average Bonchev–Trinajstić information content (AvgIpc) is 2.37. The lowest BCUT2D eigenvalue weighted by molar-refractivity contribution is -0.113. The number of hydrogen-bond acceptors (Lipinski definition) is 2. The van der Waals surface area contributed by atoms with E-state index in [0.717, 1.165) is 5.56 Å². The van der Waals surface area contributed by atoms with Gasteiger partial charge in [-0.25, -0.2) is 4.98 Å². The van der Waals surface area contributed by atoms with E-state index in [0.29, 0.717) is 11.1 Å². The number of halogens is 1. The van der Waals surface area contributed by atoms with Gasteiger partial charge in [-0.05, 0) is 18.6 Å². The van der Waals surface area contributed by atoms with Crippen LogP contribution in [0, 0.1) is 6.92 Å². The van der Waals surface area contributed by atoms with Crippen molar-refractivity contribution in [3.63, 3.8) is 0 Å². The molecule has 1 heterocycles. The lowest BCUT2D eigenvalue weighted by Gasteiger charge is -2.00. The lowest BCUT2D eigenvalue weighted by Crippen LogP contribution is -2.13. The molecule has 1 aromatic rings. The van der Waals surface area contributed by atoms with Crippen molar-refractivity contribution in [3.8, 4) is 0 Å². The molecule has 0 aliphatic rings. The molecule has 1 N–H and O–H groups in total. The summed E-state index contributed by atoms with van der Waals surface area (Å²) < 4.78 is 0. The Hall–Kier alpha value is -0.900. The van der Waals surface area contributed by atoms with Crippen LogP contribution >= 0.6 is 15.9 Å². The number of carbonyl (C=O) groups excluding carboxylic acids is 1. The smallest absolute Gasteiger partial charge is 0.236 e. The number of alkyl halides is 1. The summed E-state index contributed by atoms with van der Waals surface area (Å²) in [6.07, 6.45) is 1.71. The molecule has 0 saturated carbocycles. The molecule has 0 aliphatic heterocycles. The molecule has 16 heavy (non-hydrogen) atoms. The maximum Gasteiger partial charge on any atom is 0.236 e. The molecule has 0 saturated heterocycles. The van der Waals surface area contributed by atoms with Gasteiger partial charge in [0.15, 0.2) is 0 Å². The third-order valence-corrected chi connectivity index (χ3v) is 1.81. The molecule has 3 nitrogen and oxygen atoms in total. The molecule has 0 atom stereocenters. The molecule has 1 aromatic heterocycles. The summed E-state index contributed by atoms with van der Waals surface area (Å²) >= 11 is 3.05. The van der Waals surface area contributed by atoms with E-state index >= 15 is 0 Å². The van der Waals surface area contributed by atoms with Gasteiger partial charge in [-0.1, -0.05) is 49.7 Å². The van der Waals surface area contributed by atoms with Crippen LogP contribution in [0.5, 0.6) is 0 Å². The van der Waals surface area contributed by atoms with Crippen LogP contribution in [0.2, 0.25) is 0 Å². The van der Waals surface area contributed by atoms with E-state index in [-0.39, 0.29) is 5.91 Å². The number of carbonyl (C=O) groups is 1. The number of amides is 1. The lowest BCUT2D eigenvalue weighted by atomic mass is 10.3. The number of nitrogens with one attached hydrogen (secondary N) is 1. The number of aromatic nitrogens is 1. The minimum atomic E-state index is -0.0913. The Bertz CT molecular complexity index is 273. The highest BCUT2D eigenvalue weighted by Gasteiger charge is 1.98. The molecule has 0 unspecified atom stereocenters. The zero-order valence-corrected chi connectivity index (χ0v) is 12.3. The number of aryl methyl sites for hydroxylation is 1. The van der Waals surface area contributed by atoms with E-state index in [1.165, 1.54) is 0 Å². The molecular formula is C12H21BrN2O. The molecule has 92 valence electrons. The fourth-order valence-electron chi connectivity index (χ4n) is 0.718. The van der Waals surface area contributed by atoms with Crippen molar-refractivity contribution in [2.45, 2.75) is 34.6 Å². The predicted octanol–water partition coefficient (Wildman–Crippen LogP) is 3.78. The number of nitrogens with zero attached hydrogens (tertiary/aromatic N) is 1. The van der Waals surface area contributed by atoms with E-state index in [9.17, 15) is 4.79 Å². The number of anilines is 1. The van der Waals surface area contributed by atoms with Crippen molar-refractivity contribution in [3.05, 3.63) is 23.9 Å². The first-order valence-electron chi connectivity index (χ1n) is 5.51. The maximum atomic E-state index is 10.9. The Balaban J connectivity index is 0. The standard InChI is InChI=1S/C8H9BrN2O.2C2H6/c1-6-2-3-7(10-5-6)11-8(12)4-9;2*1-2/h2-3,5H,4H2,1H3,(H,10,11,12);2*1-2H3. The van der Waals surface area contributed by atoms with E-state index in [1.54, 1.807) is 12.3 Å². The second-order valence-electron chi connectivity index (χ2n) is 2.40. The van der Waals surface area contributed by atoms with Gasteiger partial charge < -0.3 is 5.32 Å². The molecule has 0 bridgehead atoms. The first-order valence-corrected chi connectivity index (χ1v) is 6.63. The van der Waals surface area contributed by atoms with Crippen molar-refractivity contribution >= 4 is 27.7 Å². The molecule has 0 spiro atoms. The Kier molecular flexibility index (Phi) is 13.3. The summed E-state index contributed by atoms with van der Waals surface area (Å²) in [4.78, 5) is 14.9. The van der Waals surface area contributed by atoms with Crippen LogP contribution < -0.4 is 5.32 Å². The second kappa shape index (κ2) is 12.2. The molecule has 0 fully saturated rings. The number of pyridine rings is 1. The highest BCUT2D eigenvalue weighted by atomic mass is 79.9. The first kappa shape index (κ1) is 17.5. The highest BCUT2D eigenvalue weighted by molar-refractivity contribution is 9.09. The summed E-state index contributed by atoms with van der Waals surface area (Å²) in [5, 5.41) is 2.92. The van der Waals surface area contributed by atoms with Crippen molar-refractivity contribution < 1.29 is 4.79 Å². The van der Waals surface area contributed by atoms with Crippen molar-refractivity contribution in [1.29, 1.82) is 0 Å². The fraction of sp³-hybridized carbons (Fsp3) is 0.500. The molecule has 1 amide bonds. The summed E-state index contributed by atoms with van der Waals surface area (Å²) in [6, 6.07) is 3.67. The Morgan fingerprint density at radius 3 is 2.25 bits per heavy atom. The van der Waals surface area contributed by atoms with Gasteiger partial charge in [-0.3, -0.25) is 4.79 Å². The summed E-state index contributed by atoms with van der Waals surface area (Å²) in [6.45, 7) is 9.95. The third kappa shape index (κ3) is 8.41. The van der Waals surface area contributed by atoms with Crippen LogP contribution in [0.3, 0.4) is 0 Å². The van der Waals surface area contributed by atoms with Crippen LogP contribution in [0.25, 0.3) is 0 Å². The third-order valence-electron chi connectivity index (χ3n) is 1.30. The number of hydrogen-bond donors (Lipinski definition) is 1. The van der Waals surface area contributed by atoms with Crippen LogP contribution in [0.1, 0.15) is 33.3 Å². The summed E-state index contributed by atoms with van der Waals surface area (Å²) in [5.74, 6) is 0.497. The maximum absolute atomic E-state index is 10.9. The zero-order chi connectivity index (χ0) is 13.0. The van der Waals surface area contributed by atoms with Gasteiger partial charge in [0.25, 0.3) is 0 Å². The van der Waals surface area contributed by atoms with E-state index in [4.69, 9.17) is 0 Å². The van der Waals surface area contributed by atoms with Crippen LogP contribution in [0.15, 0.2) is 18.3 Å². The largest absolute Gasteiger partial charge is 0.310 e. The topological polar surface area (TPSA) is 42.0 Å². The Morgan fingerprint density at radius 1 is 1.31 bits per heavy atom. The van der Waals surface area contributed by atoms with Crippen LogP contribution in [0.4, 0.5) is 5.82 Å². The Labute approximate surface area is 107 Å². The summed E-state index contributed by atoms with van der Waals surface area (Å²) in [5.41, 5.74) is 1.08. The van der Waals surface area contributed by atoms with Crippen LogP contribution in [-0.4, -0.2) is 16.2 Å². The van der Waals surface area contributed by atoms with Gasteiger partial charge in [0.1, 0.15) is 5.82 Å². The molecule has 1 rings (SSSR count). The summed E-state index contributed by atoms with van der Waals surface area (Å²) in [7, 11) is 0. The highest BCUT2D eigenvalue weighted by Crippen LogP contribution is 2.03. The molecular weight excluding hydrogens is 268 g/mol. The van der Waals surface area contributed by atoms with E-state index in [1.807, 2.05) is 40.7 Å². The monoisotopic (exact) mass is 288 g/mol. The molecule has 0 aliphatic carbocycles. The van der Waals surface area contributed by atoms with Crippen molar-refractivity contribution in [1.82, 2.24) is 4.98 Å². The van der Waals surface area contributed by atoms with Gasteiger partial charge in [0.2, 0.25) is 5.91 Å². The van der Waals surface area contributed by atoms with Gasteiger partial charge >= 0.3 is 0 Å². The predicted molar refractivity (Wildman–Crippen MR) is 74.1 cm³/mol. The molecule has 4 heteroatoms. The SMILES string of the molecule is CC.CC.Cc1ccc(NC(=O)CBr)nc1. The van der Waals surface area contributed by atoms with Gasteiger partial charge in [-0.15, -0.1) is 0 Å². The normalized spacial score (nSPS) is 7.88. The average molecular weight is 289 g/mol. The minimum Gasteiger partial charge on any atom is -0.310 e. The van der Waals surface area contributed by atoms with Crippen molar-refractivity contribution in [2.75, 3.05) is 10.6 Å². The van der Waals surface area contributed by atoms with Crippen LogP contribution in [-0.2, 0) is 4.79 Å². The fourth-order valence-corrected chi connectivity index (χ4v) is 0.858. The van der Waals surface area contributed by atoms with Gasteiger partial charge in [0, 0.05) is 6.20 Å². The zero-order valence-electron chi connectivity index (χ0n) is 10.7. The molecule has 0 radical (unpaired) electrons. The number of rotatable bonds is 2. The molecule has 0 aromatic carbocycles. The Morgan fingerprint density at radius 2 is 1.88 bits per heavy atom. The quantitative estimate of drug-likeness (QED) is 0.842. The van der Waals surface area contributed by atoms with Gasteiger partial charge in [0.05, 0.1) is 5.33 Å². The second-order valence-corrected chi connectivity index (χ2v) is 2.96. The van der Waals surface area contributed by atoms with Gasteiger partial charge in [-0.2, -0.15) is 0 Å². The van der Waals surface area contributed by atoms with E-state index in [2.05, 4.69) is 26.2 Å².